The number of fused-ring (bicyclic) bond motifs is 3. The molecule has 8 heteroatoms. The Morgan fingerprint density at radius 2 is 2.10 bits per heavy atom. The van der Waals surface area contributed by atoms with E-state index in [0.29, 0.717) is 34.9 Å². The van der Waals surface area contributed by atoms with Crippen LogP contribution in [0.4, 0.5) is 5.95 Å². The molecule has 1 aromatic carbocycles. The van der Waals surface area contributed by atoms with Crippen molar-refractivity contribution < 1.29 is 9.47 Å². The van der Waals surface area contributed by atoms with Crippen molar-refractivity contribution >= 4 is 33.2 Å². The Balaban J connectivity index is 1.95. The average Bonchev–Trinajstić information content (AvgIpc) is 3.08. The third kappa shape index (κ3) is 3.73. The van der Waals surface area contributed by atoms with Crippen molar-refractivity contribution in [3.05, 3.63) is 45.1 Å². The van der Waals surface area contributed by atoms with Crippen LogP contribution in [0.25, 0.3) is 15.9 Å². The van der Waals surface area contributed by atoms with Crippen molar-refractivity contribution in [3.8, 4) is 11.4 Å². The van der Waals surface area contributed by atoms with E-state index in [1.807, 2.05) is 52.0 Å². The number of rotatable bonds is 5. The van der Waals surface area contributed by atoms with Crippen LogP contribution in [0.3, 0.4) is 0 Å². The standard InChI is InChI=1S/C22H26N4O3S/c1-6-13(2)24-25-21-23-19-18(16-11-22(3,4)29-12-17(16)30-19)20(27)26(21)14-7-9-15(28-5)10-8-14/h7-10H,6,11-12H2,1-5H3,(H,23,25)/b24-13-. The molecule has 0 atom stereocenters. The first-order valence-corrected chi connectivity index (χ1v) is 10.8. The first-order chi connectivity index (χ1) is 14.3. The van der Waals surface area contributed by atoms with Crippen molar-refractivity contribution in [2.75, 3.05) is 12.5 Å². The van der Waals surface area contributed by atoms with Gasteiger partial charge in [0.25, 0.3) is 5.56 Å². The summed E-state index contributed by atoms with van der Waals surface area (Å²) in [7, 11) is 1.62. The summed E-state index contributed by atoms with van der Waals surface area (Å²) in [5, 5.41) is 5.06. The minimum absolute atomic E-state index is 0.104. The van der Waals surface area contributed by atoms with Crippen molar-refractivity contribution in [1.82, 2.24) is 9.55 Å². The molecule has 7 nitrogen and oxygen atoms in total. The van der Waals surface area contributed by atoms with Crippen LogP contribution in [0.15, 0.2) is 34.2 Å². The number of aromatic nitrogens is 2. The molecule has 0 spiro atoms. The SMILES string of the molecule is CC/C(C)=N\Nc1nc2sc3c(c2c(=O)n1-c1ccc(OC)cc1)CC(C)(C)OC3. The highest BCUT2D eigenvalue weighted by molar-refractivity contribution is 7.18. The van der Waals surface area contributed by atoms with E-state index in [1.54, 1.807) is 11.7 Å². The number of methoxy groups -OCH3 is 1. The summed E-state index contributed by atoms with van der Waals surface area (Å²) in [6.45, 7) is 8.56. The van der Waals surface area contributed by atoms with Gasteiger partial charge in [0, 0.05) is 17.0 Å². The maximum absolute atomic E-state index is 13.7. The molecule has 2 aromatic heterocycles. The normalized spacial score (nSPS) is 15.8. The van der Waals surface area contributed by atoms with Crippen LogP contribution in [-0.4, -0.2) is 28.0 Å². The number of hydrogen-bond donors (Lipinski definition) is 1. The molecule has 1 aliphatic rings. The molecule has 4 rings (SSSR count). The number of nitrogens with zero attached hydrogens (tertiary/aromatic N) is 3. The van der Waals surface area contributed by atoms with Gasteiger partial charge in [-0.2, -0.15) is 5.10 Å². The zero-order valence-electron chi connectivity index (χ0n) is 17.9. The minimum Gasteiger partial charge on any atom is -0.497 e. The molecule has 0 bridgehead atoms. The molecule has 0 amide bonds. The Bertz CT molecular complexity index is 1180. The number of hydrazone groups is 1. The highest BCUT2D eigenvalue weighted by Gasteiger charge is 2.31. The second kappa shape index (κ2) is 7.85. The summed E-state index contributed by atoms with van der Waals surface area (Å²) in [4.78, 5) is 20.3. The molecular formula is C22H26N4O3S. The quantitative estimate of drug-likeness (QED) is 0.480. The van der Waals surface area contributed by atoms with E-state index in [0.717, 1.165) is 28.3 Å². The van der Waals surface area contributed by atoms with Gasteiger partial charge in [-0.3, -0.25) is 4.79 Å². The molecule has 3 heterocycles. The zero-order chi connectivity index (χ0) is 21.5. The number of benzene rings is 1. The monoisotopic (exact) mass is 426 g/mol. The van der Waals surface area contributed by atoms with Gasteiger partial charge in [-0.05, 0) is 57.0 Å². The first kappa shape index (κ1) is 20.6. The van der Waals surface area contributed by atoms with Crippen LogP contribution in [0.1, 0.15) is 44.6 Å². The maximum Gasteiger partial charge on any atom is 0.268 e. The number of hydrogen-bond acceptors (Lipinski definition) is 7. The van der Waals surface area contributed by atoms with Gasteiger partial charge < -0.3 is 9.47 Å². The van der Waals surface area contributed by atoms with Gasteiger partial charge in [-0.25, -0.2) is 15.0 Å². The van der Waals surface area contributed by atoms with E-state index >= 15 is 0 Å². The molecule has 0 aliphatic carbocycles. The summed E-state index contributed by atoms with van der Waals surface area (Å²) >= 11 is 1.52. The zero-order valence-corrected chi connectivity index (χ0v) is 18.7. The lowest BCUT2D eigenvalue weighted by Crippen LogP contribution is -2.32. The van der Waals surface area contributed by atoms with Crippen molar-refractivity contribution in [2.45, 2.75) is 52.7 Å². The second-order valence-corrected chi connectivity index (χ2v) is 9.08. The summed E-state index contributed by atoms with van der Waals surface area (Å²) < 4.78 is 12.8. The molecule has 0 radical (unpaired) electrons. The molecule has 3 aromatic rings. The van der Waals surface area contributed by atoms with E-state index in [-0.39, 0.29) is 11.2 Å². The van der Waals surface area contributed by atoms with Crippen molar-refractivity contribution in [1.29, 1.82) is 0 Å². The molecule has 158 valence electrons. The first-order valence-electron chi connectivity index (χ1n) is 9.98. The van der Waals surface area contributed by atoms with Gasteiger partial charge in [-0.15, -0.1) is 11.3 Å². The van der Waals surface area contributed by atoms with Gasteiger partial charge in [0.1, 0.15) is 10.6 Å². The second-order valence-electron chi connectivity index (χ2n) is 8.00. The molecule has 0 saturated heterocycles. The molecule has 1 N–H and O–H groups in total. The Hall–Kier alpha value is -2.71. The Labute approximate surface area is 179 Å². The largest absolute Gasteiger partial charge is 0.497 e. The Morgan fingerprint density at radius 1 is 1.37 bits per heavy atom. The number of thiophene rings is 1. The topological polar surface area (TPSA) is 77.7 Å². The van der Waals surface area contributed by atoms with Crippen LogP contribution >= 0.6 is 11.3 Å². The Morgan fingerprint density at radius 3 is 2.77 bits per heavy atom. The highest BCUT2D eigenvalue weighted by Crippen LogP contribution is 2.37. The van der Waals surface area contributed by atoms with Gasteiger partial charge in [-0.1, -0.05) is 6.92 Å². The van der Waals surface area contributed by atoms with E-state index < -0.39 is 0 Å². The molecule has 1 aliphatic heterocycles. The number of ether oxygens (including phenoxy) is 2. The highest BCUT2D eigenvalue weighted by atomic mass is 32.1. The lowest BCUT2D eigenvalue weighted by molar-refractivity contribution is -0.0379. The van der Waals surface area contributed by atoms with Crippen LogP contribution < -0.4 is 15.7 Å². The van der Waals surface area contributed by atoms with Crippen LogP contribution in [0, 0.1) is 0 Å². The van der Waals surface area contributed by atoms with Crippen LogP contribution in [-0.2, 0) is 17.8 Å². The van der Waals surface area contributed by atoms with E-state index in [2.05, 4.69) is 10.5 Å². The van der Waals surface area contributed by atoms with Crippen LogP contribution in [0.5, 0.6) is 5.75 Å². The molecular weight excluding hydrogens is 400 g/mol. The third-order valence-corrected chi connectivity index (χ3v) is 6.39. The lowest BCUT2D eigenvalue weighted by atomic mass is 9.94. The predicted molar refractivity (Wildman–Crippen MR) is 121 cm³/mol. The summed E-state index contributed by atoms with van der Waals surface area (Å²) in [5.41, 5.74) is 5.26. The predicted octanol–water partition coefficient (Wildman–Crippen LogP) is 4.50. The van der Waals surface area contributed by atoms with Gasteiger partial charge in [0.2, 0.25) is 5.95 Å². The van der Waals surface area contributed by atoms with Crippen molar-refractivity contribution in [3.63, 3.8) is 0 Å². The number of anilines is 1. The minimum atomic E-state index is -0.308. The summed E-state index contributed by atoms with van der Waals surface area (Å²) in [6, 6.07) is 7.36. The fraction of sp³-hybridized carbons (Fsp3) is 0.409. The van der Waals surface area contributed by atoms with E-state index in [9.17, 15) is 4.79 Å². The molecule has 0 unspecified atom stereocenters. The molecule has 30 heavy (non-hydrogen) atoms. The van der Waals surface area contributed by atoms with Gasteiger partial charge in [0.15, 0.2) is 0 Å². The van der Waals surface area contributed by atoms with E-state index in [1.165, 1.54) is 11.3 Å². The number of nitrogens with one attached hydrogen (secondary N) is 1. The third-order valence-electron chi connectivity index (χ3n) is 5.29. The van der Waals surface area contributed by atoms with Crippen LogP contribution in [0.2, 0.25) is 0 Å². The van der Waals surface area contributed by atoms with E-state index in [4.69, 9.17) is 14.5 Å². The fourth-order valence-corrected chi connectivity index (χ4v) is 4.56. The van der Waals surface area contributed by atoms with Gasteiger partial charge in [0.05, 0.1) is 30.4 Å². The Kier molecular flexibility index (Phi) is 5.38. The summed E-state index contributed by atoms with van der Waals surface area (Å²) in [5.74, 6) is 1.12. The average molecular weight is 427 g/mol. The fourth-order valence-electron chi connectivity index (χ4n) is 3.46. The van der Waals surface area contributed by atoms with Gasteiger partial charge >= 0.3 is 0 Å². The lowest BCUT2D eigenvalue weighted by Gasteiger charge is -2.29. The molecule has 0 saturated carbocycles. The van der Waals surface area contributed by atoms with Crippen molar-refractivity contribution in [2.24, 2.45) is 5.10 Å². The summed E-state index contributed by atoms with van der Waals surface area (Å²) in [6.07, 6.45) is 1.49. The smallest absolute Gasteiger partial charge is 0.268 e. The molecule has 0 fully saturated rings. The maximum atomic E-state index is 13.7.